The number of rotatable bonds is 11. The molecule has 1 aliphatic rings. The highest BCUT2D eigenvalue weighted by Gasteiger charge is 2.32. The maximum absolute atomic E-state index is 12.6. The number of hydrogen-bond acceptors (Lipinski definition) is 6. The zero-order chi connectivity index (χ0) is 23.5. The van der Waals surface area contributed by atoms with Gasteiger partial charge >= 0.3 is 11.9 Å². The second-order valence-corrected chi connectivity index (χ2v) is 8.45. The molecule has 0 saturated heterocycles. The van der Waals surface area contributed by atoms with Crippen molar-refractivity contribution in [3.05, 3.63) is 48.5 Å². The maximum atomic E-state index is 12.6. The molecule has 0 radical (unpaired) electrons. The Hall–Kier alpha value is -3.02. The summed E-state index contributed by atoms with van der Waals surface area (Å²) in [7, 11) is 1.59. The lowest BCUT2D eigenvalue weighted by Gasteiger charge is -2.25. The Kier molecular flexibility index (Phi) is 9.60. The predicted molar refractivity (Wildman–Crippen MR) is 126 cm³/mol. The van der Waals surface area contributed by atoms with Crippen LogP contribution in [-0.2, 0) is 9.59 Å². The summed E-state index contributed by atoms with van der Waals surface area (Å²) in [4.78, 5) is 25.0. The van der Waals surface area contributed by atoms with Gasteiger partial charge in [-0.1, -0.05) is 26.2 Å². The van der Waals surface area contributed by atoms with Gasteiger partial charge in [-0.05, 0) is 80.6 Å². The van der Waals surface area contributed by atoms with Crippen LogP contribution in [0.1, 0.15) is 58.3 Å². The molecule has 1 aliphatic carbocycles. The second kappa shape index (κ2) is 12.9. The summed E-state index contributed by atoms with van der Waals surface area (Å²) in [5.41, 5.74) is 0. The van der Waals surface area contributed by atoms with Crippen molar-refractivity contribution in [1.82, 2.24) is 0 Å². The molecular weight excluding hydrogens is 420 g/mol. The molecule has 0 aromatic heterocycles. The highest BCUT2D eigenvalue weighted by molar-refractivity contribution is 5.77. The van der Waals surface area contributed by atoms with Gasteiger partial charge in [-0.3, -0.25) is 9.59 Å². The third-order valence-electron chi connectivity index (χ3n) is 5.98. The fraction of sp³-hybridized carbons (Fsp3) is 0.481. The van der Waals surface area contributed by atoms with Crippen LogP contribution in [0.2, 0.25) is 0 Å². The van der Waals surface area contributed by atoms with E-state index in [9.17, 15) is 9.59 Å². The first-order chi connectivity index (χ1) is 16.1. The number of carbonyl (C=O) groups excluding carboxylic acids is 2. The summed E-state index contributed by atoms with van der Waals surface area (Å²) in [6.07, 6.45) is 7.09. The number of methoxy groups -OCH3 is 1. The van der Waals surface area contributed by atoms with Crippen LogP contribution < -0.4 is 18.9 Å². The van der Waals surface area contributed by atoms with Crippen molar-refractivity contribution in [1.29, 1.82) is 0 Å². The van der Waals surface area contributed by atoms with Gasteiger partial charge in [-0.15, -0.1) is 0 Å². The van der Waals surface area contributed by atoms with Gasteiger partial charge in [-0.25, -0.2) is 0 Å². The lowest BCUT2D eigenvalue weighted by atomic mass is 9.82. The number of hydrogen-bond donors (Lipinski definition) is 0. The smallest absolute Gasteiger partial charge is 0.314 e. The molecule has 1 fully saturated rings. The molecule has 0 aliphatic heterocycles. The average Bonchev–Trinajstić information content (AvgIpc) is 2.85. The van der Waals surface area contributed by atoms with E-state index >= 15 is 0 Å². The van der Waals surface area contributed by atoms with Crippen LogP contribution >= 0.6 is 0 Å². The molecule has 2 aromatic carbocycles. The Morgan fingerprint density at radius 2 is 1.15 bits per heavy atom. The third-order valence-corrected chi connectivity index (χ3v) is 5.98. The van der Waals surface area contributed by atoms with Crippen molar-refractivity contribution in [3.63, 3.8) is 0 Å². The summed E-state index contributed by atoms with van der Waals surface area (Å²) in [5.74, 6) is 1.59. The molecule has 0 atom stereocenters. The molecule has 33 heavy (non-hydrogen) atoms. The molecule has 0 spiro atoms. The van der Waals surface area contributed by atoms with Crippen LogP contribution in [0.15, 0.2) is 48.5 Å². The molecule has 6 heteroatoms. The summed E-state index contributed by atoms with van der Waals surface area (Å²) < 4.78 is 21.9. The van der Waals surface area contributed by atoms with Crippen molar-refractivity contribution >= 4 is 11.9 Å². The molecule has 0 unspecified atom stereocenters. The van der Waals surface area contributed by atoms with Crippen LogP contribution in [0.4, 0.5) is 0 Å². The van der Waals surface area contributed by atoms with E-state index in [1.165, 1.54) is 19.3 Å². The lowest BCUT2D eigenvalue weighted by molar-refractivity contribution is -0.145. The topological polar surface area (TPSA) is 71.1 Å². The van der Waals surface area contributed by atoms with E-state index in [-0.39, 0.29) is 23.8 Å². The minimum Gasteiger partial charge on any atom is -0.497 e. The number of esters is 2. The van der Waals surface area contributed by atoms with Crippen LogP contribution in [0.5, 0.6) is 23.0 Å². The van der Waals surface area contributed by atoms with Crippen molar-refractivity contribution in [2.45, 2.75) is 58.3 Å². The number of ether oxygens (including phenoxy) is 4. The SMILES string of the molecule is CCCCCCOc1ccc(OC(=O)C2CCC(C(=O)Oc3ccc(OC)cc3)CC2)cc1. The molecule has 1 saturated carbocycles. The van der Waals surface area contributed by atoms with Gasteiger partial charge in [0.15, 0.2) is 0 Å². The van der Waals surface area contributed by atoms with E-state index < -0.39 is 0 Å². The largest absolute Gasteiger partial charge is 0.497 e. The third kappa shape index (κ3) is 7.81. The highest BCUT2D eigenvalue weighted by atomic mass is 16.5. The van der Waals surface area contributed by atoms with E-state index in [0.29, 0.717) is 49.5 Å². The van der Waals surface area contributed by atoms with Crippen molar-refractivity contribution in [2.24, 2.45) is 11.8 Å². The first kappa shape index (κ1) is 24.6. The van der Waals surface area contributed by atoms with Gasteiger partial charge in [0.25, 0.3) is 0 Å². The summed E-state index contributed by atoms with van der Waals surface area (Å²) in [6, 6.07) is 14.1. The standard InChI is InChI=1S/C27H34O6/c1-3-4-5-6-19-31-23-13-17-25(18-14-23)33-27(29)21-9-7-20(8-10-21)26(28)32-24-15-11-22(30-2)12-16-24/h11-18,20-21H,3-10,19H2,1-2H3. The second-order valence-electron chi connectivity index (χ2n) is 8.45. The Balaban J connectivity index is 1.39. The van der Waals surface area contributed by atoms with Crippen molar-refractivity contribution in [3.8, 4) is 23.0 Å². The first-order valence-electron chi connectivity index (χ1n) is 11.9. The molecular formula is C27H34O6. The van der Waals surface area contributed by atoms with Gasteiger partial charge in [0.05, 0.1) is 25.6 Å². The molecule has 0 N–H and O–H groups in total. The van der Waals surface area contributed by atoms with E-state index in [2.05, 4.69) is 6.92 Å². The zero-order valence-corrected chi connectivity index (χ0v) is 19.6. The highest BCUT2D eigenvalue weighted by Crippen LogP contribution is 2.32. The van der Waals surface area contributed by atoms with E-state index in [1.54, 1.807) is 43.5 Å². The molecule has 2 aromatic rings. The van der Waals surface area contributed by atoms with Crippen molar-refractivity contribution < 1.29 is 28.5 Å². The lowest BCUT2D eigenvalue weighted by Crippen LogP contribution is -2.30. The van der Waals surface area contributed by atoms with E-state index in [0.717, 1.165) is 12.2 Å². The molecule has 0 amide bonds. The minimum absolute atomic E-state index is 0.204. The van der Waals surface area contributed by atoms with Gasteiger partial charge in [0, 0.05) is 0 Å². The van der Waals surface area contributed by atoms with Gasteiger partial charge in [0.1, 0.15) is 23.0 Å². The van der Waals surface area contributed by atoms with Crippen LogP contribution in [0.25, 0.3) is 0 Å². The Labute approximate surface area is 196 Å². The van der Waals surface area contributed by atoms with E-state index in [4.69, 9.17) is 18.9 Å². The predicted octanol–water partition coefficient (Wildman–Crippen LogP) is 5.97. The molecule has 0 bridgehead atoms. The van der Waals surface area contributed by atoms with Crippen LogP contribution in [0, 0.1) is 11.8 Å². The number of unbranched alkanes of at least 4 members (excludes halogenated alkanes) is 3. The van der Waals surface area contributed by atoms with Crippen LogP contribution in [-0.4, -0.2) is 25.7 Å². The normalized spacial score (nSPS) is 17.8. The maximum Gasteiger partial charge on any atom is 0.314 e. The minimum atomic E-state index is -0.253. The average molecular weight is 455 g/mol. The molecule has 178 valence electrons. The molecule has 6 nitrogen and oxygen atoms in total. The van der Waals surface area contributed by atoms with E-state index in [1.807, 2.05) is 12.1 Å². The first-order valence-corrected chi connectivity index (χ1v) is 11.9. The van der Waals surface area contributed by atoms with Crippen molar-refractivity contribution in [2.75, 3.05) is 13.7 Å². The zero-order valence-electron chi connectivity index (χ0n) is 19.6. The van der Waals surface area contributed by atoms with Gasteiger partial charge in [-0.2, -0.15) is 0 Å². The summed E-state index contributed by atoms with van der Waals surface area (Å²) >= 11 is 0. The molecule has 3 rings (SSSR count). The number of carbonyl (C=O) groups is 2. The fourth-order valence-electron chi connectivity index (χ4n) is 3.93. The van der Waals surface area contributed by atoms with Gasteiger partial charge in [0.2, 0.25) is 0 Å². The Bertz CT molecular complexity index is 866. The molecule has 0 heterocycles. The van der Waals surface area contributed by atoms with Gasteiger partial charge < -0.3 is 18.9 Å². The number of benzene rings is 2. The summed E-state index contributed by atoms with van der Waals surface area (Å²) in [5, 5.41) is 0. The quantitative estimate of drug-likeness (QED) is 0.237. The summed E-state index contributed by atoms with van der Waals surface area (Å²) in [6.45, 7) is 2.88. The fourth-order valence-corrected chi connectivity index (χ4v) is 3.93. The monoisotopic (exact) mass is 454 g/mol. The Morgan fingerprint density at radius 1 is 0.697 bits per heavy atom. The Morgan fingerprint density at radius 3 is 1.61 bits per heavy atom. The van der Waals surface area contributed by atoms with Crippen LogP contribution in [0.3, 0.4) is 0 Å².